The monoisotopic (exact) mass is 206 g/mol. The van der Waals surface area contributed by atoms with Gasteiger partial charge < -0.3 is 15.4 Å². The topological polar surface area (TPSA) is 33.3 Å². The van der Waals surface area contributed by atoms with Gasteiger partial charge in [-0.1, -0.05) is 0 Å². The maximum absolute atomic E-state index is 11.7. The van der Waals surface area contributed by atoms with Gasteiger partial charge in [-0.3, -0.25) is 0 Å². The normalized spacial score (nSPS) is 21.5. The summed E-state index contributed by atoms with van der Waals surface area (Å²) in [7, 11) is 0. The predicted octanol–water partition coefficient (Wildman–Crippen LogP) is 0.599. The summed E-state index contributed by atoms with van der Waals surface area (Å²) >= 11 is 4.91. The van der Waals surface area contributed by atoms with E-state index in [9.17, 15) is 4.39 Å². The molecule has 0 saturated carbocycles. The van der Waals surface area contributed by atoms with Gasteiger partial charge in [0.15, 0.2) is 5.11 Å². The minimum atomic E-state index is -0.401. The van der Waals surface area contributed by atoms with E-state index in [1.165, 1.54) is 0 Å². The van der Waals surface area contributed by atoms with Crippen LogP contribution in [0.25, 0.3) is 0 Å². The summed E-state index contributed by atoms with van der Waals surface area (Å²) in [4.78, 5) is 0. The van der Waals surface area contributed by atoms with Gasteiger partial charge in [0.2, 0.25) is 0 Å². The van der Waals surface area contributed by atoms with Crippen molar-refractivity contribution in [2.45, 2.75) is 18.9 Å². The Morgan fingerprint density at radius 3 is 3.00 bits per heavy atom. The molecule has 3 nitrogen and oxygen atoms in total. The van der Waals surface area contributed by atoms with Crippen LogP contribution in [0, 0.1) is 0 Å². The number of alkyl halides is 1. The van der Waals surface area contributed by atoms with Gasteiger partial charge in [-0.2, -0.15) is 0 Å². The van der Waals surface area contributed by atoms with E-state index in [1.54, 1.807) is 0 Å². The van der Waals surface area contributed by atoms with Crippen LogP contribution in [0.2, 0.25) is 0 Å². The van der Waals surface area contributed by atoms with Crippen molar-refractivity contribution < 1.29 is 9.13 Å². The Morgan fingerprint density at radius 1 is 1.54 bits per heavy atom. The Balaban J connectivity index is 2.00. The average Bonchev–Trinajstić information content (AvgIpc) is 2.64. The highest BCUT2D eigenvalue weighted by atomic mass is 32.1. The molecule has 0 radical (unpaired) electrons. The largest absolute Gasteiger partial charge is 0.376 e. The molecule has 1 atom stereocenters. The number of hydrogen-bond donors (Lipinski definition) is 2. The van der Waals surface area contributed by atoms with Gasteiger partial charge in [-0.15, -0.1) is 0 Å². The van der Waals surface area contributed by atoms with Crippen molar-refractivity contribution in [1.29, 1.82) is 0 Å². The number of halogens is 1. The lowest BCUT2D eigenvalue weighted by Crippen LogP contribution is -2.40. The van der Waals surface area contributed by atoms with Crippen LogP contribution < -0.4 is 10.6 Å². The zero-order valence-electron chi connectivity index (χ0n) is 7.51. The van der Waals surface area contributed by atoms with Crippen LogP contribution in [0.5, 0.6) is 0 Å². The second-order valence-electron chi connectivity index (χ2n) is 2.96. The molecule has 0 aromatic rings. The Hall–Kier alpha value is -0.420. The van der Waals surface area contributed by atoms with Crippen molar-refractivity contribution >= 4 is 17.3 Å². The lowest BCUT2D eigenvalue weighted by atomic mass is 10.2. The van der Waals surface area contributed by atoms with Crippen LogP contribution in [-0.2, 0) is 4.74 Å². The number of ether oxygens (including phenoxy) is 1. The zero-order valence-corrected chi connectivity index (χ0v) is 8.33. The number of hydrogen-bond acceptors (Lipinski definition) is 2. The third-order valence-electron chi connectivity index (χ3n) is 1.89. The molecule has 0 spiro atoms. The van der Waals surface area contributed by atoms with Crippen LogP contribution in [0.3, 0.4) is 0 Å². The van der Waals surface area contributed by atoms with Crippen molar-refractivity contribution in [2.24, 2.45) is 0 Å². The summed E-state index contributed by atoms with van der Waals surface area (Å²) in [6.07, 6.45) is 2.47. The van der Waals surface area contributed by atoms with Gasteiger partial charge in [0.25, 0.3) is 0 Å². The van der Waals surface area contributed by atoms with Gasteiger partial charge in [0.1, 0.15) is 6.67 Å². The van der Waals surface area contributed by atoms with Crippen molar-refractivity contribution in [3.8, 4) is 0 Å². The Morgan fingerprint density at radius 2 is 2.38 bits per heavy atom. The van der Waals surface area contributed by atoms with E-state index >= 15 is 0 Å². The molecule has 1 fully saturated rings. The maximum Gasteiger partial charge on any atom is 0.166 e. The maximum atomic E-state index is 11.7. The molecule has 0 aromatic heterocycles. The molecule has 0 bridgehead atoms. The third-order valence-corrected chi connectivity index (χ3v) is 2.18. The first-order chi connectivity index (χ1) is 6.33. The summed E-state index contributed by atoms with van der Waals surface area (Å²) in [5.41, 5.74) is 0. The molecule has 0 amide bonds. The lowest BCUT2D eigenvalue weighted by Gasteiger charge is -2.12. The quantitative estimate of drug-likeness (QED) is 0.660. The second-order valence-corrected chi connectivity index (χ2v) is 3.37. The molecular weight excluding hydrogens is 191 g/mol. The summed E-state index contributed by atoms with van der Waals surface area (Å²) in [5, 5.41) is 6.24. The molecule has 5 heteroatoms. The van der Waals surface area contributed by atoms with Crippen molar-refractivity contribution in [2.75, 3.05) is 26.4 Å². The molecule has 1 aliphatic rings. The highest BCUT2D eigenvalue weighted by Crippen LogP contribution is 2.10. The molecule has 1 aliphatic heterocycles. The van der Waals surface area contributed by atoms with Crippen molar-refractivity contribution in [3.05, 3.63) is 0 Å². The highest BCUT2D eigenvalue weighted by Gasteiger charge is 2.14. The van der Waals surface area contributed by atoms with Crippen LogP contribution in [0.1, 0.15) is 12.8 Å². The second kappa shape index (κ2) is 6.10. The Labute approximate surface area is 83.0 Å². The first-order valence-corrected chi connectivity index (χ1v) is 4.93. The first-order valence-electron chi connectivity index (χ1n) is 4.52. The van der Waals surface area contributed by atoms with Gasteiger partial charge in [0.05, 0.1) is 6.10 Å². The lowest BCUT2D eigenvalue weighted by molar-refractivity contribution is 0.114. The smallest absolute Gasteiger partial charge is 0.166 e. The fraction of sp³-hybridized carbons (Fsp3) is 0.875. The molecule has 1 unspecified atom stereocenters. The van der Waals surface area contributed by atoms with Gasteiger partial charge in [0, 0.05) is 19.7 Å². The van der Waals surface area contributed by atoms with E-state index in [-0.39, 0.29) is 12.6 Å². The van der Waals surface area contributed by atoms with Gasteiger partial charge in [-0.05, 0) is 25.1 Å². The van der Waals surface area contributed by atoms with Crippen molar-refractivity contribution in [1.82, 2.24) is 10.6 Å². The summed E-state index contributed by atoms with van der Waals surface area (Å²) < 4.78 is 17.1. The summed E-state index contributed by atoms with van der Waals surface area (Å²) in [5.74, 6) is 0. The van der Waals surface area contributed by atoms with Crippen LogP contribution in [0.4, 0.5) is 4.39 Å². The van der Waals surface area contributed by atoms with E-state index < -0.39 is 6.67 Å². The SMILES string of the molecule is FCCNC(=S)NCC1CCCO1. The molecule has 1 rings (SSSR count). The number of nitrogens with one attached hydrogen (secondary N) is 2. The summed E-state index contributed by atoms with van der Waals surface area (Å²) in [6, 6.07) is 0. The Kier molecular flexibility index (Phi) is 5.00. The molecule has 76 valence electrons. The molecule has 2 N–H and O–H groups in total. The van der Waals surface area contributed by atoms with Gasteiger partial charge in [-0.25, -0.2) is 4.39 Å². The van der Waals surface area contributed by atoms with E-state index in [4.69, 9.17) is 17.0 Å². The van der Waals surface area contributed by atoms with E-state index in [1.807, 2.05) is 0 Å². The van der Waals surface area contributed by atoms with E-state index in [0.717, 1.165) is 26.0 Å². The van der Waals surface area contributed by atoms with Crippen molar-refractivity contribution in [3.63, 3.8) is 0 Å². The minimum Gasteiger partial charge on any atom is -0.376 e. The molecule has 13 heavy (non-hydrogen) atoms. The molecule has 0 aromatic carbocycles. The van der Waals surface area contributed by atoms with E-state index in [0.29, 0.717) is 5.11 Å². The minimum absolute atomic E-state index is 0.269. The first kappa shape index (κ1) is 10.7. The predicted molar refractivity (Wildman–Crippen MR) is 53.6 cm³/mol. The summed E-state index contributed by atoms with van der Waals surface area (Å²) in [6.45, 7) is 1.44. The zero-order chi connectivity index (χ0) is 9.52. The molecule has 0 aliphatic carbocycles. The Bertz CT molecular complexity index is 162. The molecule has 1 saturated heterocycles. The fourth-order valence-electron chi connectivity index (χ4n) is 1.24. The molecule has 1 heterocycles. The molecular formula is C8H15FN2OS. The number of thiocarbonyl (C=S) groups is 1. The van der Waals surface area contributed by atoms with Crippen LogP contribution >= 0.6 is 12.2 Å². The van der Waals surface area contributed by atoms with E-state index in [2.05, 4.69) is 10.6 Å². The third kappa shape index (κ3) is 4.38. The highest BCUT2D eigenvalue weighted by molar-refractivity contribution is 7.80. The van der Waals surface area contributed by atoms with Crippen LogP contribution in [-0.4, -0.2) is 37.6 Å². The van der Waals surface area contributed by atoms with Crippen LogP contribution in [0.15, 0.2) is 0 Å². The fourth-order valence-corrected chi connectivity index (χ4v) is 1.42. The standard InChI is InChI=1S/C8H15FN2OS/c9-3-4-10-8(13)11-6-7-2-1-5-12-7/h7H,1-6H2,(H2,10,11,13). The average molecular weight is 206 g/mol. The van der Waals surface area contributed by atoms with Gasteiger partial charge >= 0.3 is 0 Å². The number of rotatable bonds is 4.